The number of carbonyl (C=O) groups is 1. The van der Waals surface area contributed by atoms with Gasteiger partial charge in [0.2, 0.25) is 5.91 Å². The average Bonchev–Trinajstić information content (AvgIpc) is 2.86. The molecule has 2 rings (SSSR count). The van der Waals surface area contributed by atoms with Crippen molar-refractivity contribution in [2.75, 3.05) is 6.54 Å². The quantitative estimate of drug-likeness (QED) is 0.898. The Bertz CT molecular complexity index is 426. The molecule has 0 aromatic heterocycles. The van der Waals surface area contributed by atoms with Gasteiger partial charge in [-0.25, -0.2) is 0 Å². The Morgan fingerprint density at radius 3 is 2.79 bits per heavy atom. The first kappa shape index (κ1) is 16.3. The van der Waals surface area contributed by atoms with Crippen molar-refractivity contribution in [1.82, 2.24) is 5.32 Å². The van der Waals surface area contributed by atoms with E-state index in [1.807, 2.05) is 24.3 Å². The molecule has 2 atom stereocenters. The van der Waals surface area contributed by atoms with Gasteiger partial charge in [0.05, 0.1) is 0 Å². The van der Waals surface area contributed by atoms with E-state index in [0.29, 0.717) is 24.0 Å². The summed E-state index contributed by atoms with van der Waals surface area (Å²) in [6.07, 6.45) is 3.13. The molecule has 1 aromatic carbocycles. The van der Waals surface area contributed by atoms with Crippen LogP contribution in [0, 0.1) is 11.8 Å². The first-order valence-corrected chi connectivity index (χ1v) is 6.81. The van der Waals surface area contributed by atoms with Crippen LogP contribution < -0.4 is 11.1 Å². The number of hydrogen-bond donors (Lipinski definition) is 2. The van der Waals surface area contributed by atoms with Crippen LogP contribution in [0.25, 0.3) is 0 Å². The zero-order chi connectivity index (χ0) is 13.0. The third kappa shape index (κ3) is 4.10. The molecule has 0 unspecified atom stereocenters. The number of carbonyl (C=O) groups excluding carboxylic acids is 1. The number of nitrogens with two attached hydrogens (primary N) is 1. The average molecular weight is 303 g/mol. The molecule has 3 N–H and O–H groups in total. The summed E-state index contributed by atoms with van der Waals surface area (Å²) >= 11 is 6.05. The highest BCUT2D eigenvalue weighted by atomic mass is 35.5. The molecule has 106 valence electrons. The lowest BCUT2D eigenvalue weighted by molar-refractivity contribution is -0.126. The van der Waals surface area contributed by atoms with Crippen LogP contribution in [0.5, 0.6) is 0 Å². The van der Waals surface area contributed by atoms with Gasteiger partial charge in [0.1, 0.15) is 0 Å². The van der Waals surface area contributed by atoms with E-state index in [2.05, 4.69) is 5.32 Å². The fraction of sp³-hybridized carbons (Fsp3) is 0.500. The lowest BCUT2D eigenvalue weighted by Crippen LogP contribution is -2.34. The number of rotatable bonds is 4. The molecule has 1 aliphatic carbocycles. The molecular formula is C14H20Cl2N2O. The lowest BCUT2D eigenvalue weighted by Gasteiger charge is -2.17. The van der Waals surface area contributed by atoms with Gasteiger partial charge in [-0.1, -0.05) is 36.2 Å². The summed E-state index contributed by atoms with van der Waals surface area (Å²) in [5.41, 5.74) is 6.65. The van der Waals surface area contributed by atoms with Gasteiger partial charge in [0.15, 0.2) is 0 Å². The second kappa shape index (κ2) is 7.73. The second-order valence-electron chi connectivity index (χ2n) is 4.84. The lowest BCUT2D eigenvalue weighted by atomic mass is 9.95. The van der Waals surface area contributed by atoms with Crippen molar-refractivity contribution in [2.45, 2.75) is 25.8 Å². The molecule has 0 saturated heterocycles. The number of hydrogen-bond acceptors (Lipinski definition) is 2. The fourth-order valence-corrected chi connectivity index (χ4v) is 2.82. The van der Waals surface area contributed by atoms with Crippen LogP contribution in [-0.2, 0) is 11.3 Å². The van der Waals surface area contributed by atoms with Crippen molar-refractivity contribution in [3.63, 3.8) is 0 Å². The first-order chi connectivity index (χ1) is 8.72. The van der Waals surface area contributed by atoms with Crippen molar-refractivity contribution in [2.24, 2.45) is 17.6 Å². The number of nitrogens with one attached hydrogen (secondary N) is 1. The minimum atomic E-state index is 0. The maximum atomic E-state index is 12.1. The number of amides is 1. The number of benzene rings is 1. The molecule has 1 aliphatic rings. The monoisotopic (exact) mass is 302 g/mol. The van der Waals surface area contributed by atoms with Crippen molar-refractivity contribution < 1.29 is 4.79 Å². The molecule has 0 radical (unpaired) electrons. The van der Waals surface area contributed by atoms with E-state index in [0.717, 1.165) is 24.8 Å². The molecule has 5 heteroatoms. The predicted octanol–water partition coefficient (Wildman–Crippen LogP) is 2.75. The maximum Gasteiger partial charge on any atom is 0.223 e. The summed E-state index contributed by atoms with van der Waals surface area (Å²) in [6.45, 7) is 1.09. The fourth-order valence-electron chi connectivity index (χ4n) is 2.62. The van der Waals surface area contributed by atoms with Crippen LogP contribution in [0.15, 0.2) is 24.3 Å². The topological polar surface area (TPSA) is 55.1 Å². The molecule has 1 fully saturated rings. The highest BCUT2D eigenvalue weighted by Crippen LogP contribution is 2.31. The predicted molar refractivity (Wildman–Crippen MR) is 80.4 cm³/mol. The SMILES string of the molecule is Cl.NC[C@H]1CCC[C@H]1C(=O)NCc1ccccc1Cl. The molecule has 1 aromatic rings. The summed E-state index contributed by atoms with van der Waals surface area (Å²) < 4.78 is 0. The highest BCUT2D eigenvalue weighted by molar-refractivity contribution is 6.31. The van der Waals surface area contributed by atoms with Crippen LogP contribution in [-0.4, -0.2) is 12.5 Å². The second-order valence-corrected chi connectivity index (χ2v) is 5.25. The molecule has 0 spiro atoms. The Morgan fingerprint density at radius 2 is 2.11 bits per heavy atom. The van der Waals surface area contributed by atoms with Crippen molar-refractivity contribution in [3.8, 4) is 0 Å². The Morgan fingerprint density at radius 1 is 1.37 bits per heavy atom. The molecule has 0 bridgehead atoms. The zero-order valence-electron chi connectivity index (χ0n) is 10.8. The summed E-state index contributed by atoms with van der Waals surface area (Å²) in [6, 6.07) is 7.57. The normalized spacial score (nSPS) is 21.8. The van der Waals surface area contributed by atoms with Gasteiger partial charge in [-0.2, -0.15) is 0 Å². The summed E-state index contributed by atoms with van der Waals surface area (Å²) in [5.74, 6) is 0.539. The van der Waals surface area contributed by atoms with E-state index in [-0.39, 0.29) is 24.2 Å². The Labute approximate surface area is 125 Å². The van der Waals surface area contributed by atoms with Crippen molar-refractivity contribution >= 4 is 29.9 Å². The molecular weight excluding hydrogens is 283 g/mol. The Hall–Kier alpha value is -0.770. The Kier molecular flexibility index (Phi) is 6.63. The van der Waals surface area contributed by atoms with Gasteiger partial charge in [-0.05, 0) is 36.9 Å². The zero-order valence-corrected chi connectivity index (χ0v) is 12.3. The van der Waals surface area contributed by atoms with E-state index in [1.54, 1.807) is 0 Å². The van der Waals surface area contributed by atoms with Crippen molar-refractivity contribution in [3.05, 3.63) is 34.9 Å². The van der Waals surface area contributed by atoms with Gasteiger partial charge in [-0.3, -0.25) is 4.79 Å². The van der Waals surface area contributed by atoms with Crippen LogP contribution in [0.3, 0.4) is 0 Å². The van der Waals surface area contributed by atoms with Gasteiger partial charge in [-0.15, -0.1) is 12.4 Å². The molecule has 3 nitrogen and oxygen atoms in total. The smallest absolute Gasteiger partial charge is 0.223 e. The Balaban J connectivity index is 0.00000180. The van der Waals surface area contributed by atoms with Gasteiger partial charge < -0.3 is 11.1 Å². The summed E-state index contributed by atoms with van der Waals surface area (Å²) in [7, 11) is 0. The van der Waals surface area contributed by atoms with Crippen molar-refractivity contribution in [1.29, 1.82) is 0 Å². The minimum absolute atomic E-state index is 0. The van der Waals surface area contributed by atoms with E-state index in [9.17, 15) is 4.79 Å². The van der Waals surface area contributed by atoms with Crippen LogP contribution in [0.4, 0.5) is 0 Å². The molecule has 1 amide bonds. The van der Waals surface area contributed by atoms with Gasteiger partial charge in [0.25, 0.3) is 0 Å². The molecule has 0 heterocycles. The first-order valence-electron chi connectivity index (χ1n) is 6.43. The molecule has 0 aliphatic heterocycles. The van der Waals surface area contributed by atoms with Crippen LogP contribution >= 0.6 is 24.0 Å². The standard InChI is InChI=1S/C14H19ClN2O.ClH/c15-13-7-2-1-4-11(13)9-17-14(18)12-6-3-5-10(12)8-16;/h1-2,4,7,10,12H,3,5-6,8-9,16H2,(H,17,18);1H/t10-,12-;/m1./s1. The highest BCUT2D eigenvalue weighted by Gasteiger charge is 2.31. The summed E-state index contributed by atoms with van der Waals surface area (Å²) in [4.78, 5) is 12.1. The number of halogens is 2. The largest absolute Gasteiger partial charge is 0.352 e. The van der Waals surface area contributed by atoms with Crippen LogP contribution in [0.1, 0.15) is 24.8 Å². The maximum absolute atomic E-state index is 12.1. The molecule has 1 saturated carbocycles. The third-order valence-electron chi connectivity index (χ3n) is 3.71. The van der Waals surface area contributed by atoms with Gasteiger partial charge >= 0.3 is 0 Å². The van der Waals surface area contributed by atoms with E-state index in [1.165, 1.54) is 0 Å². The van der Waals surface area contributed by atoms with E-state index in [4.69, 9.17) is 17.3 Å². The molecule has 19 heavy (non-hydrogen) atoms. The van der Waals surface area contributed by atoms with E-state index < -0.39 is 0 Å². The van der Waals surface area contributed by atoms with Gasteiger partial charge in [0, 0.05) is 17.5 Å². The third-order valence-corrected chi connectivity index (χ3v) is 4.08. The minimum Gasteiger partial charge on any atom is -0.352 e. The van der Waals surface area contributed by atoms with E-state index >= 15 is 0 Å². The van der Waals surface area contributed by atoms with Crippen LogP contribution in [0.2, 0.25) is 5.02 Å². The summed E-state index contributed by atoms with van der Waals surface area (Å²) in [5, 5.41) is 3.66.